The van der Waals surface area contributed by atoms with Crippen molar-refractivity contribution in [1.82, 2.24) is 4.98 Å². The SMILES string of the molecule is O=C(O)Cc1ccc2oc(-c3ccc(Cl)cc3Cl)nc2c1. The van der Waals surface area contributed by atoms with Gasteiger partial charge in [0.2, 0.25) is 5.89 Å². The van der Waals surface area contributed by atoms with Crippen molar-refractivity contribution in [3.63, 3.8) is 0 Å². The van der Waals surface area contributed by atoms with Crippen LogP contribution in [0, 0.1) is 0 Å². The molecule has 0 amide bonds. The lowest BCUT2D eigenvalue weighted by molar-refractivity contribution is -0.136. The highest BCUT2D eigenvalue weighted by molar-refractivity contribution is 6.36. The second kappa shape index (κ2) is 5.39. The molecule has 0 saturated carbocycles. The first-order chi connectivity index (χ1) is 10.0. The summed E-state index contributed by atoms with van der Waals surface area (Å²) in [7, 11) is 0. The van der Waals surface area contributed by atoms with E-state index in [0.717, 1.165) is 0 Å². The van der Waals surface area contributed by atoms with Crippen molar-refractivity contribution in [2.75, 3.05) is 0 Å². The van der Waals surface area contributed by atoms with Crippen LogP contribution in [0.5, 0.6) is 0 Å². The third-order valence-corrected chi connectivity index (χ3v) is 3.52. The first-order valence-corrected chi connectivity index (χ1v) is 6.85. The summed E-state index contributed by atoms with van der Waals surface area (Å²) in [5.41, 5.74) is 2.47. The smallest absolute Gasteiger partial charge is 0.307 e. The molecule has 2 aromatic carbocycles. The molecule has 21 heavy (non-hydrogen) atoms. The number of benzene rings is 2. The van der Waals surface area contributed by atoms with Crippen molar-refractivity contribution in [3.8, 4) is 11.5 Å². The third kappa shape index (κ3) is 2.86. The maximum absolute atomic E-state index is 10.7. The highest BCUT2D eigenvalue weighted by atomic mass is 35.5. The molecule has 0 radical (unpaired) electrons. The molecule has 0 atom stereocenters. The molecular formula is C15H9Cl2NO3. The van der Waals surface area contributed by atoms with Gasteiger partial charge in [-0.05, 0) is 35.9 Å². The van der Waals surface area contributed by atoms with Crippen molar-refractivity contribution >= 4 is 40.3 Å². The summed E-state index contributed by atoms with van der Waals surface area (Å²) < 4.78 is 5.65. The van der Waals surface area contributed by atoms with Gasteiger partial charge >= 0.3 is 5.97 Å². The van der Waals surface area contributed by atoms with Gasteiger partial charge in [0.15, 0.2) is 5.58 Å². The van der Waals surface area contributed by atoms with Gasteiger partial charge in [0.25, 0.3) is 0 Å². The van der Waals surface area contributed by atoms with Crippen LogP contribution in [-0.4, -0.2) is 16.1 Å². The Morgan fingerprint density at radius 1 is 1.19 bits per heavy atom. The van der Waals surface area contributed by atoms with Crippen LogP contribution in [0.4, 0.5) is 0 Å². The number of fused-ring (bicyclic) bond motifs is 1. The first kappa shape index (κ1) is 13.9. The molecule has 1 aromatic heterocycles. The van der Waals surface area contributed by atoms with Crippen molar-refractivity contribution in [2.24, 2.45) is 0 Å². The van der Waals surface area contributed by atoms with Gasteiger partial charge in [-0.2, -0.15) is 0 Å². The maximum Gasteiger partial charge on any atom is 0.307 e. The number of nitrogens with zero attached hydrogens (tertiary/aromatic N) is 1. The van der Waals surface area contributed by atoms with E-state index in [1.807, 2.05) is 0 Å². The molecule has 0 spiro atoms. The van der Waals surface area contributed by atoms with Crippen molar-refractivity contribution < 1.29 is 14.3 Å². The Kier molecular flexibility index (Phi) is 3.57. The Morgan fingerprint density at radius 3 is 2.71 bits per heavy atom. The normalized spacial score (nSPS) is 11.0. The second-order valence-electron chi connectivity index (χ2n) is 4.52. The molecule has 1 heterocycles. The van der Waals surface area contributed by atoms with E-state index in [9.17, 15) is 4.79 Å². The molecule has 0 unspecified atom stereocenters. The molecule has 0 fully saturated rings. The summed E-state index contributed by atoms with van der Waals surface area (Å²) in [5, 5.41) is 9.79. The lowest BCUT2D eigenvalue weighted by Gasteiger charge is -1.98. The summed E-state index contributed by atoms with van der Waals surface area (Å²) in [6, 6.07) is 10.1. The van der Waals surface area contributed by atoms with E-state index in [2.05, 4.69) is 4.98 Å². The highest BCUT2D eigenvalue weighted by Crippen LogP contribution is 2.32. The Balaban J connectivity index is 2.06. The molecule has 3 rings (SSSR count). The number of carbonyl (C=O) groups is 1. The number of rotatable bonds is 3. The van der Waals surface area contributed by atoms with E-state index in [0.29, 0.717) is 38.2 Å². The van der Waals surface area contributed by atoms with Crippen LogP contribution in [-0.2, 0) is 11.2 Å². The number of halogens is 2. The van der Waals surface area contributed by atoms with Crippen molar-refractivity contribution in [1.29, 1.82) is 0 Å². The Bertz CT molecular complexity index is 842. The Morgan fingerprint density at radius 2 is 2.00 bits per heavy atom. The number of carboxylic acids is 1. The van der Waals surface area contributed by atoms with Crippen LogP contribution < -0.4 is 0 Å². The van der Waals surface area contributed by atoms with Crippen LogP contribution in [0.2, 0.25) is 10.0 Å². The fourth-order valence-electron chi connectivity index (χ4n) is 2.04. The van der Waals surface area contributed by atoms with Crippen molar-refractivity contribution in [2.45, 2.75) is 6.42 Å². The topological polar surface area (TPSA) is 63.3 Å². The van der Waals surface area contributed by atoms with Gasteiger partial charge in [-0.3, -0.25) is 4.79 Å². The number of aromatic nitrogens is 1. The Labute approximate surface area is 129 Å². The van der Waals surface area contributed by atoms with E-state index in [4.69, 9.17) is 32.7 Å². The third-order valence-electron chi connectivity index (χ3n) is 2.97. The molecule has 0 saturated heterocycles. The standard InChI is InChI=1S/C15H9Cl2NO3/c16-9-2-3-10(11(17)7-9)15-18-12-5-8(6-14(19)20)1-4-13(12)21-15/h1-5,7H,6H2,(H,19,20). The molecule has 0 aliphatic heterocycles. The van der Waals surface area contributed by atoms with Gasteiger partial charge in [-0.25, -0.2) is 4.98 Å². The zero-order chi connectivity index (χ0) is 15.0. The second-order valence-corrected chi connectivity index (χ2v) is 5.36. The fraction of sp³-hybridized carbons (Fsp3) is 0.0667. The predicted octanol–water partition coefficient (Wildman–Crippen LogP) is 4.43. The van der Waals surface area contributed by atoms with Gasteiger partial charge in [0.05, 0.1) is 17.0 Å². The monoisotopic (exact) mass is 321 g/mol. The largest absolute Gasteiger partial charge is 0.481 e. The average Bonchev–Trinajstić information content (AvgIpc) is 2.80. The van der Waals surface area contributed by atoms with E-state index in [-0.39, 0.29) is 6.42 Å². The average molecular weight is 322 g/mol. The molecule has 6 heteroatoms. The van der Waals surface area contributed by atoms with Crippen LogP contribution >= 0.6 is 23.2 Å². The van der Waals surface area contributed by atoms with Crippen LogP contribution in [0.15, 0.2) is 40.8 Å². The van der Waals surface area contributed by atoms with Gasteiger partial charge < -0.3 is 9.52 Å². The van der Waals surface area contributed by atoms with Gasteiger partial charge in [0.1, 0.15) is 5.52 Å². The summed E-state index contributed by atoms with van der Waals surface area (Å²) in [6.45, 7) is 0. The minimum absolute atomic E-state index is 0.0557. The number of carboxylic acid groups (broad SMARTS) is 1. The zero-order valence-corrected chi connectivity index (χ0v) is 12.1. The highest BCUT2D eigenvalue weighted by Gasteiger charge is 2.13. The van der Waals surface area contributed by atoms with Gasteiger partial charge in [0, 0.05) is 5.02 Å². The summed E-state index contributed by atoms with van der Waals surface area (Å²) in [6.07, 6.45) is -0.0557. The Hall–Kier alpha value is -2.04. The maximum atomic E-state index is 10.7. The van der Waals surface area contributed by atoms with Gasteiger partial charge in [-0.15, -0.1) is 0 Å². The molecule has 0 aliphatic carbocycles. The van der Waals surface area contributed by atoms with Crippen LogP contribution in [0.3, 0.4) is 0 Å². The van der Waals surface area contributed by atoms with E-state index >= 15 is 0 Å². The number of hydrogen-bond acceptors (Lipinski definition) is 3. The lowest BCUT2D eigenvalue weighted by atomic mass is 10.1. The number of aliphatic carboxylic acids is 1. The quantitative estimate of drug-likeness (QED) is 0.775. The first-order valence-electron chi connectivity index (χ1n) is 6.09. The molecule has 0 aliphatic rings. The van der Waals surface area contributed by atoms with E-state index in [1.165, 1.54) is 0 Å². The van der Waals surface area contributed by atoms with Crippen LogP contribution in [0.25, 0.3) is 22.6 Å². The number of oxazole rings is 1. The number of hydrogen-bond donors (Lipinski definition) is 1. The summed E-state index contributed by atoms with van der Waals surface area (Å²) in [4.78, 5) is 15.1. The van der Waals surface area contributed by atoms with Crippen LogP contribution in [0.1, 0.15) is 5.56 Å². The molecule has 4 nitrogen and oxygen atoms in total. The fourth-order valence-corrected chi connectivity index (χ4v) is 2.53. The molecular weight excluding hydrogens is 313 g/mol. The molecule has 0 bridgehead atoms. The lowest BCUT2D eigenvalue weighted by Crippen LogP contribution is -1.99. The van der Waals surface area contributed by atoms with Crippen molar-refractivity contribution in [3.05, 3.63) is 52.0 Å². The predicted molar refractivity (Wildman–Crippen MR) is 80.8 cm³/mol. The van der Waals surface area contributed by atoms with E-state index in [1.54, 1.807) is 36.4 Å². The minimum atomic E-state index is -0.890. The molecule has 106 valence electrons. The minimum Gasteiger partial charge on any atom is -0.481 e. The molecule has 1 N–H and O–H groups in total. The molecule has 3 aromatic rings. The summed E-state index contributed by atoms with van der Waals surface area (Å²) >= 11 is 12.0. The van der Waals surface area contributed by atoms with E-state index < -0.39 is 5.97 Å². The summed E-state index contributed by atoms with van der Waals surface area (Å²) in [5.74, 6) is -0.516. The van der Waals surface area contributed by atoms with Gasteiger partial charge in [-0.1, -0.05) is 29.3 Å². The zero-order valence-electron chi connectivity index (χ0n) is 10.6.